The summed E-state index contributed by atoms with van der Waals surface area (Å²) >= 11 is 1.06. The van der Waals surface area contributed by atoms with Crippen LogP contribution < -0.4 is 16.0 Å². The van der Waals surface area contributed by atoms with E-state index in [1.807, 2.05) is 0 Å². The lowest BCUT2D eigenvalue weighted by Crippen LogP contribution is -2.46. The van der Waals surface area contributed by atoms with Crippen molar-refractivity contribution in [2.45, 2.75) is 49.8 Å². The molecule has 1 amide bonds. The highest BCUT2D eigenvalue weighted by atomic mass is 32.1. The fourth-order valence-electron chi connectivity index (χ4n) is 4.30. The molecule has 3 aromatic rings. The number of carbonyl (C=O) groups is 1. The number of fused-ring (bicyclic) bond motifs is 1. The van der Waals surface area contributed by atoms with Crippen LogP contribution in [-0.2, 0) is 11.2 Å². The lowest BCUT2D eigenvalue weighted by atomic mass is 10.0. The van der Waals surface area contributed by atoms with Gasteiger partial charge in [-0.2, -0.15) is 18.2 Å². The number of halogens is 4. The van der Waals surface area contributed by atoms with Gasteiger partial charge in [-0.1, -0.05) is 17.3 Å². The molecule has 2 saturated heterocycles. The number of aliphatic hydroxyl groups is 1. The molecule has 2 aromatic heterocycles. The van der Waals surface area contributed by atoms with Crippen LogP contribution in [0.4, 0.5) is 23.2 Å². The Labute approximate surface area is 194 Å². The van der Waals surface area contributed by atoms with Gasteiger partial charge in [0.15, 0.2) is 0 Å². The van der Waals surface area contributed by atoms with Crippen LogP contribution in [0.3, 0.4) is 0 Å². The summed E-state index contributed by atoms with van der Waals surface area (Å²) in [6.45, 7) is 0.972. The number of nitrogens with zero attached hydrogens (tertiary/aromatic N) is 2. The van der Waals surface area contributed by atoms with E-state index in [2.05, 4.69) is 26.1 Å². The van der Waals surface area contributed by atoms with E-state index in [1.165, 1.54) is 0 Å². The Kier molecular flexibility index (Phi) is 5.94. The standard InChI is InChI=1S/C21H21F4N5O3S/c22-11-4-5-26-8-14(11)27-12-3-1-2-9-10(7-21(23,24)25)17(34-16(9)12)18-29-20(33-30-18)13-6-15(31)19(32)28-13/h1-3,11,13-15,26-27,31H,4-8H2,(H,28,32)/t11-,13+,14+,15-/m0/s1. The third-order valence-electron chi connectivity index (χ3n) is 5.96. The molecule has 0 spiro atoms. The molecule has 0 saturated carbocycles. The Hall–Kier alpha value is -2.77. The van der Waals surface area contributed by atoms with E-state index in [0.29, 0.717) is 35.3 Å². The first-order valence-corrected chi connectivity index (χ1v) is 11.6. The number of amides is 1. The second-order valence-corrected chi connectivity index (χ2v) is 9.43. The van der Waals surface area contributed by atoms with Crippen LogP contribution in [0.2, 0.25) is 0 Å². The Balaban J connectivity index is 1.54. The first-order valence-electron chi connectivity index (χ1n) is 10.7. The Morgan fingerprint density at radius 2 is 2.15 bits per heavy atom. The molecule has 0 bridgehead atoms. The quantitative estimate of drug-likeness (QED) is 0.399. The highest BCUT2D eigenvalue weighted by Crippen LogP contribution is 2.44. The van der Waals surface area contributed by atoms with Crippen LogP contribution in [0.15, 0.2) is 22.7 Å². The number of hydrogen-bond acceptors (Lipinski definition) is 8. The van der Waals surface area contributed by atoms with Gasteiger partial charge >= 0.3 is 6.18 Å². The summed E-state index contributed by atoms with van der Waals surface area (Å²) in [6.07, 6.45) is -7.61. The summed E-state index contributed by atoms with van der Waals surface area (Å²) in [4.78, 5) is 16.0. The van der Waals surface area contributed by atoms with Gasteiger partial charge in [0.1, 0.15) is 18.3 Å². The normalized spacial score (nSPS) is 25.6. The van der Waals surface area contributed by atoms with E-state index in [-0.39, 0.29) is 28.6 Å². The number of rotatable bonds is 5. The second kappa shape index (κ2) is 8.78. The van der Waals surface area contributed by atoms with Crippen molar-refractivity contribution < 1.29 is 32.0 Å². The van der Waals surface area contributed by atoms with Gasteiger partial charge in [0.2, 0.25) is 17.6 Å². The SMILES string of the molecule is O=C1N[C@@H](c2nc(-c3sc4c(N[C@@H]5CNCC[C@@H]5F)cccc4c3CC(F)(F)F)no2)C[C@@H]1O. The third kappa shape index (κ3) is 4.46. The van der Waals surface area contributed by atoms with Gasteiger partial charge in [-0.05, 0) is 30.0 Å². The monoisotopic (exact) mass is 499 g/mol. The van der Waals surface area contributed by atoms with E-state index in [9.17, 15) is 27.5 Å². The van der Waals surface area contributed by atoms with Crippen molar-refractivity contribution in [1.29, 1.82) is 0 Å². The van der Waals surface area contributed by atoms with Crippen LogP contribution >= 0.6 is 11.3 Å². The molecule has 0 aliphatic carbocycles. The minimum Gasteiger partial charge on any atom is -0.383 e. The summed E-state index contributed by atoms with van der Waals surface area (Å²) in [5, 5.41) is 22.6. The molecule has 4 heterocycles. The maximum Gasteiger partial charge on any atom is 0.393 e. The molecule has 4 N–H and O–H groups in total. The Morgan fingerprint density at radius 1 is 1.32 bits per heavy atom. The van der Waals surface area contributed by atoms with Gasteiger partial charge in [-0.15, -0.1) is 11.3 Å². The molecular weight excluding hydrogens is 478 g/mol. The predicted octanol–water partition coefficient (Wildman–Crippen LogP) is 3.09. The highest BCUT2D eigenvalue weighted by molar-refractivity contribution is 7.23. The van der Waals surface area contributed by atoms with Gasteiger partial charge in [0.05, 0.1) is 27.7 Å². The number of piperidine rings is 1. The highest BCUT2D eigenvalue weighted by Gasteiger charge is 2.36. The van der Waals surface area contributed by atoms with Crippen molar-refractivity contribution in [2.75, 3.05) is 18.4 Å². The molecule has 1 aromatic carbocycles. The van der Waals surface area contributed by atoms with Crippen LogP contribution in [0, 0.1) is 0 Å². The summed E-state index contributed by atoms with van der Waals surface area (Å²) in [5.74, 6) is -0.620. The number of carbonyl (C=O) groups excluding carboxylic acids is 1. The van der Waals surface area contributed by atoms with Crippen molar-refractivity contribution in [2.24, 2.45) is 0 Å². The van der Waals surface area contributed by atoms with E-state index >= 15 is 0 Å². The molecule has 2 fully saturated rings. The first kappa shape index (κ1) is 23.0. The lowest BCUT2D eigenvalue weighted by Gasteiger charge is -2.28. The molecule has 8 nitrogen and oxygen atoms in total. The molecule has 2 aliphatic heterocycles. The zero-order valence-electron chi connectivity index (χ0n) is 17.7. The minimum absolute atomic E-state index is 0.00205. The molecule has 5 rings (SSSR count). The van der Waals surface area contributed by atoms with Crippen LogP contribution in [0.5, 0.6) is 0 Å². The number of aliphatic hydroxyl groups excluding tert-OH is 1. The van der Waals surface area contributed by atoms with Crippen LogP contribution in [0.1, 0.15) is 30.3 Å². The molecule has 182 valence electrons. The number of nitrogens with one attached hydrogen (secondary N) is 3. The maximum atomic E-state index is 14.4. The Morgan fingerprint density at radius 3 is 2.85 bits per heavy atom. The van der Waals surface area contributed by atoms with Gasteiger partial charge in [-0.25, -0.2) is 4.39 Å². The summed E-state index contributed by atoms with van der Waals surface area (Å²) < 4.78 is 60.6. The minimum atomic E-state index is -4.49. The fraction of sp³-hybridized carbons (Fsp3) is 0.476. The molecular formula is C21H21F4N5O3S. The fourth-order valence-corrected chi connectivity index (χ4v) is 5.52. The summed E-state index contributed by atoms with van der Waals surface area (Å²) in [7, 11) is 0. The lowest BCUT2D eigenvalue weighted by molar-refractivity contribution is -0.127. The van der Waals surface area contributed by atoms with Crippen LogP contribution in [-0.4, -0.2) is 58.7 Å². The van der Waals surface area contributed by atoms with E-state index in [1.54, 1.807) is 18.2 Å². The van der Waals surface area contributed by atoms with Crippen molar-refractivity contribution in [1.82, 2.24) is 20.8 Å². The number of benzene rings is 1. The number of anilines is 1. The number of thiophene rings is 1. The van der Waals surface area contributed by atoms with E-state index < -0.39 is 42.9 Å². The largest absolute Gasteiger partial charge is 0.393 e. The molecule has 0 unspecified atom stereocenters. The molecule has 4 atom stereocenters. The number of alkyl halides is 4. The molecule has 0 radical (unpaired) electrons. The number of aromatic nitrogens is 2. The predicted molar refractivity (Wildman–Crippen MR) is 116 cm³/mol. The molecule has 34 heavy (non-hydrogen) atoms. The third-order valence-corrected chi connectivity index (χ3v) is 7.23. The summed E-state index contributed by atoms with van der Waals surface area (Å²) in [6, 6.07) is 3.69. The first-order chi connectivity index (χ1) is 16.2. The zero-order chi connectivity index (χ0) is 24.0. The van der Waals surface area contributed by atoms with Crippen molar-refractivity contribution in [3.05, 3.63) is 29.7 Å². The second-order valence-electron chi connectivity index (χ2n) is 8.41. The summed E-state index contributed by atoms with van der Waals surface area (Å²) in [5.41, 5.74) is 0.529. The smallest absolute Gasteiger partial charge is 0.383 e. The average Bonchev–Trinajstić information content (AvgIpc) is 3.47. The topological polar surface area (TPSA) is 112 Å². The maximum absolute atomic E-state index is 14.4. The Bertz CT molecular complexity index is 1210. The van der Waals surface area contributed by atoms with Crippen molar-refractivity contribution in [3.63, 3.8) is 0 Å². The molecule has 2 aliphatic rings. The van der Waals surface area contributed by atoms with Gasteiger partial charge in [-0.3, -0.25) is 4.79 Å². The van der Waals surface area contributed by atoms with Crippen molar-refractivity contribution >= 4 is 33.0 Å². The van der Waals surface area contributed by atoms with E-state index in [4.69, 9.17) is 4.52 Å². The van der Waals surface area contributed by atoms with E-state index in [0.717, 1.165) is 11.3 Å². The van der Waals surface area contributed by atoms with Gasteiger partial charge < -0.3 is 25.6 Å². The zero-order valence-corrected chi connectivity index (χ0v) is 18.5. The average molecular weight is 499 g/mol. The van der Waals surface area contributed by atoms with Crippen LogP contribution in [0.25, 0.3) is 20.8 Å². The number of hydrogen-bond donors (Lipinski definition) is 4. The van der Waals surface area contributed by atoms with Gasteiger partial charge in [0.25, 0.3) is 0 Å². The van der Waals surface area contributed by atoms with Gasteiger partial charge in [0, 0.05) is 13.0 Å². The van der Waals surface area contributed by atoms with Crippen molar-refractivity contribution in [3.8, 4) is 10.7 Å². The molecule has 13 heteroatoms.